The minimum Gasteiger partial charge on any atom is -0.478 e. The maximum atomic E-state index is 11.9. The highest BCUT2D eigenvalue weighted by molar-refractivity contribution is 5.87. The van der Waals surface area contributed by atoms with Crippen molar-refractivity contribution in [1.82, 2.24) is 0 Å². The van der Waals surface area contributed by atoms with Gasteiger partial charge in [-0.05, 0) is 61.7 Å². The molecule has 0 bridgehead atoms. The fourth-order valence-electron chi connectivity index (χ4n) is 4.32. The van der Waals surface area contributed by atoms with Crippen molar-refractivity contribution in [2.75, 3.05) is 0 Å². The van der Waals surface area contributed by atoms with Crippen LogP contribution >= 0.6 is 0 Å². The van der Waals surface area contributed by atoms with Gasteiger partial charge in [-0.15, -0.1) is 0 Å². The van der Waals surface area contributed by atoms with Crippen LogP contribution in [0.1, 0.15) is 132 Å². The summed E-state index contributed by atoms with van der Waals surface area (Å²) in [5.41, 5.74) is 1.92. The van der Waals surface area contributed by atoms with Crippen LogP contribution in [-0.4, -0.2) is 11.1 Å². The molecule has 178 valence electrons. The second kappa shape index (κ2) is 16.8. The standard InChI is InChI=1S/C28H54O2/c1-21(2)12-9-13-24(7)14-10-15-25(8)16-11-17-26(19-18-22(3)4)27(28(29)30)20-23(5)6/h21-25H,9-20H2,1-8H3,(H,29,30). The lowest BCUT2D eigenvalue weighted by molar-refractivity contribution is -0.133. The molecule has 0 amide bonds. The molecule has 0 aliphatic heterocycles. The van der Waals surface area contributed by atoms with Crippen molar-refractivity contribution in [1.29, 1.82) is 0 Å². The van der Waals surface area contributed by atoms with Crippen molar-refractivity contribution in [3.05, 3.63) is 11.1 Å². The summed E-state index contributed by atoms with van der Waals surface area (Å²) >= 11 is 0. The Morgan fingerprint density at radius 2 is 1.07 bits per heavy atom. The molecule has 0 aliphatic rings. The molecule has 0 rings (SSSR count). The number of aliphatic carboxylic acids is 1. The van der Waals surface area contributed by atoms with Crippen molar-refractivity contribution in [2.45, 2.75) is 132 Å². The summed E-state index contributed by atoms with van der Waals surface area (Å²) in [5, 5.41) is 9.77. The van der Waals surface area contributed by atoms with Crippen LogP contribution in [0.2, 0.25) is 0 Å². The van der Waals surface area contributed by atoms with Crippen LogP contribution in [0, 0.1) is 29.6 Å². The van der Waals surface area contributed by atoms with Crippen LogP contribution in [0.25, 0.3) is 0 Å². The maximum Gasteiger partial charge on any atom is 0.331 e. The Bertz CT molecular complexity index is 473. The molecule has 2 atom stereocenters. The van der Waals surface area contributed by atoms with Gasteiger partial charge in [0.2, 0.25) is 0 Å². The second-order valence-electron chi connectivity index (χ2n) is 11.3. The molecule has 0 aromatic rings. The zero-order valence-corrected chi connectivity index (χ0v) is 21.7. The molecule has 0 radical (unpaired) electrons. The summed E-state index contributed by atoms with van der Waals surface area (Å²) in [5.74, 6) is 2.76. The van der Waals surface area contributed by atoms with Crippen LogP contribution in [0.15, 0.2) is 11.1 Å². The first-order valence-corrected chi connectivity index (χ1v) is 13.0. The second-order valence-corrected chi connectivity index (χ2v) is 11.3. The molecular weight excluding hydrogens is 368 g/mol. The van der Waals surface area contributed by atoms with Gasteiger partial charge in [-0.1, -0.05) is 106 Å². The molecule has 2 nitrogen and oxygen atoms in total. The molecule has 0 saturated carbocycles. The van der Waals surface area contributed by atoms with Crippen LogP contribution in [0.4, 0.5) is 0 Å². The molecule has 1 N–H and O–H groups in total. The molecule has 0 saturated heterocycles. The highest BCUT2D eigenvalue weighted by Gasteiger charge is 2.17. The molecule has 0 aromatic heterocycles. The van der Waals surface area contributed by atoms with Crippen molar-refractivity contribution in [3.63, 3.8) is 0 Å². The molecule has 0 heterocycles. The van der Waals surface area contributed by atoms with E-state index >= 15 is 0 Å². The first-order chi connectivity index (χ1) is 14.0. The lowest BCUT2D eigenvalue weighted by atomic mass is 9.88. The molecule has 0 spiro atoms. The fourth-order valence-corrected chi connectivity index (χ4v) is 4.32. The van der Waals surface area contributed by atoms with Crippen LogP contribution in [-0.2, 0) is 4.79 Å². The normalized spacial score (nSPS) is 15.0. The van der Waals surface area contributed by atoms with E-state index < -0.39 is 5.97 Å². The van der Waals surface area contributed by atoms with E-state index in [2.05, 4.69) is 55.4 Å². The Kier molecular flexibility index (Phi) is 16.4. The average Bonchev–Trinajstić information content (AvgIpc) is 2.62. The molecule has 2 unspecified atom stereocenters. The lowest BCUT2D eigenvalue weighted by Crippen LogP contribution is -2.09. The Balaban J connectivity index is 4.46. The summed E-state index contributed by atoms with van der Waals surface area (Å²) in [6.45, 7) is 18.1. The summed E-state index contributed by atoms with van der Waals surface area (Å²) in [6.07, 6.45) is 14.2. The van der Waals surface area contributed by atoms with Gasteiger partial charge in [0.1, 0.15) is 0 Å². The topological polar surface area (TPSA) is 37.3 Å². The minimum absolute atomic E-state index is 0.395. The van der Waals surface area contributed by atoms with Gasteiger partial charge in [-0.2, -0.15) is 0 Å². The van der Waals surface area contributed by atoms with E-state index in [9.17, 15) is 9.90 Å². The van der Waals surface area contributed by atoms with Crippen LogP contribution in [0.3, 0.4) is 0 Å². The van der Waals surface area contributed by atoms with Crippen molar-refractivity contribution < 1.29 is 9.90 Å². The fraction of sp³-hybridized carbons (Fsp3) is 0.893. The van der Waals surface area contributed by atoms with E-state index in [1.54, 1.807) is 0 Å². The molecular formula is C28H54O2. The number of carbonyl (C=O) groups is 1. The quantitative estimate of drug-likeness (QED) is 0.223. The van der Waals surface area contributed by atoms with Gasteiger partial charge in [0.25, 0.3) is 0 Å². The van der Waals surface area contributed by atoms with E-state index in [0.717, 1.165) is 43.4 Å². The van der Waals surface area contributed by atoms with Gasteiger partial charge in [-0.25, -0.2) is 4.79 Å². The number of allylic oxidation sites excluding steroid dienone is 1. The third-order valence-electron chi connectivity index (χ3n) is 6.37. The molecule has 0 fully saturated rings. The molecule has 0 aliphatic carbocycles. The van der Waals surface area contributed by atoms with Gasteiger partial charge < -0.3 is 5.11 Å². The minimum atomic E-state index is -0.693. The molecule has 2 heteroatoms. The summed E-state index contributed by atoms with van der Waals surface area (Å²) in [7, 11) is 0. The van der Waals surface area contributed by atoms with Gasteiger partial charge in [0.15, 0.2) is 0 Å². The SMILES string of the molecule is CC(C)CCCC(C)CCCC(C)CCCC(CCC(C)C)=C(CC(C)C)C(=O)O. The summed E-state index contributed by atoms with van der Waals surface area (Å²) in [4.78, 5) is 11.9. The lowest BCUT2D eigenvalue weighted by Gasteiger charge is -2.18. The molecule has 30 heavy (non-hydrogen) atoms. The van der Waals surface area contributed by atoms with Crippen LogP contribution in [0.5, 0.6) is 0 Å². The van der Waals surface area contributed by atoms with E-state index in [-0.39, 0.29) is 0 Å². The number of carboxylic acid groups (broad SMARTS) is 1. The predicted molar refractivity (Wildman–Crippen MR) is 133 cm³/mol. The van der Waals surface area contributed by atoms with Gasteiger partial charge in [0.05, 0.1) is 0 Å². The van der Waals surface area contributed by atoms with E-state index in [0.29, 0.717) is 23.8 Å². The third-order valence-corrected chi connectivity index (χ3v) is 6.37. The highest BCUT2D eigenvalue weighted by Crippen LogP contribution is 2.27. The van der Waals surface area contributed by atoms with Crippen molar-refractivity contribution >= 4 is 5.97 Å². The highest BCUT2D eigenvalue weighted by atomic mass is 16.4. The zero-order valence-electron chi connectivity index (χ0n) is 21.7. The molecule has 0 aromatic carbocycles. The van der Waals surface area contributed by atoms with E-state index in [1.165, 1.54) is 50.5 Å². The van der Waals surface area contributed by atoms with Crippen molar-refractivity contribution in [3.8, 4) is 0 Å². The largest absolute Gasteiger partial charge is 0.478 e. The first kappa shape index (κ1) is 29.2. The number of hydrogen-bond acceptors (Lipinski definition) is 1. The Morgan fingerprint density at radius 1 is 0.600 bits per heavy atom. The van der Waals surface area contributed by atoms with Crippen molar-refractivity contribution in [2.24, 2.45) is 29.6 Å². The summed E-state index contributed by atoms with van der Waals surface area (Å²) in [6, 6.07) is 0. The third kappa shape index (κ3) is 16.0. The summed E-state index contributed by atoms with van der Waals surface area (Å²) < 4.78 is 0. The smallest absolute Gasteiger partial charge is 0.331 e. The maximum absolute atomic E-state index is 11.9. The average molecular weight is 423 g/mol. The Hall–Kier alpha value is -0.790. The number of hydrogen-bond donors (Lipinski definition) is 1. The van der Waals surface area contributed by atoms with E-state index in [1.807, 2.05) is 0 Å². The monoisotopic (exact) mass is 422 g/mol. The van der Waals surface area contributed by atoms with Gasteiger partial charge in [-0.3, -0.25) is 0 Å². The zero-order chi connectivity index (χ0) is 23.1. The predicted octanol–water partition coefficient (Wildman–Crippen LogP) is 9.29. The van der Waals surface area contributed by atoms with Gasteiger partial charge >= 0.3 is 5.97 Å². The van der Waals surface area contributed by atoms with E-state index in [4.69, 9.17) is 0 Å². The number of rotatable bonds is 18. The first-order valence-electron chi connectivity index (χ1n) is 13.0. The van der Waals surface area contributed by atoms with Gasteiger partial charge in [0, 0.05) is 5.57 Å². The Morgan fingerprint density at radius 3 is 1.50 bits per heavy atom. The van der Waals surface area contributed by atoms with Crippen LogP contribution < -0.4 is 0 Å². The number of carboxylic acids is 1. The Labute approximate surface area is 189 Å².